The van der Waals surface area contributed by atoms with Gasteiger partial charge in [-0.2, -0.15) is 5.26 Å². The van der Waals surface area contributed by atoms with Gasteiger partial charge in [-0.05, 0) is 30.9 Å². The van der Waals surface area contributed by atoms with Gasteiger partial charge in [0, 0.05) is 4.90 Å². The maximum absolute atomic E-state index is 9.36. The molecule has 1 aliphatic rings. The van der Waals surface area contributed by atoms with Gasteiger partial charge < -0.3 is 0 Å². The first-order valence-corrected chi connectivity index (χ1v) is 7.39. The maximum atomic E-state index is 9.36. The summed E-state index contributed by atoms with van der Waals surface area (Å²) in [7, 11) is 0. The molecule has 0 radical (unpaired) electrons. The zero-order valence-electron chi connectivity index (χ0n) is 10.1. The molecule has 17 heavy (non-hydrogen) atoms. The van der Waals surface area contributed by atoms with Gasteiger partial charge in [0.25, 0.3) is 0 Å². The van der Waals surface area contributed by atoms with Gasteiger partial charge in [-0.15, -0.1) is 11.8 Å². The van der Waals surface area contributed by atoms with E-state index in [4.69, 9.17) is 0 Å². The number of hydrogen-bond acceptors (Lipinski definition) is 2. The maximum Gasteiger partial charge on any atom is 0.0991 e. The summed E-state index contributed by atoms with van der Waals surface area (Å²) in [5.74, 6) is 0.590. The molecule has 2 rings (SSSR count). The molecule has 0 aliphatic heterocycles. The van der Waals surface area contributed by atoms with Crippen LogP contribution in [0.3, 0.4) is 0 Å². The van der Waals surface area contributed by atoms with E-state index in [0.717, 1.165) is 0 Å². The van der Waals surface area contributed by atoms with Crippen molar-refractivity contribution in [1.29, 1.82) is 5.26 Å². The van der Waals surface area contributed by atoms with E-state index < -0.39 is 0 Å². The lowest BCUT2D eigenvalue weighted by atomic mass is 9.97. The van der Waals surface area contributed by atoms with Gasteiger partial charge in [0.1, 0.15) is 0 Å². The van der Waals surface area contributed by atoms with Crippen molar-refractivity contribution in [3.63, 3.8) is 0 Å². The van der Waals surface area contributed by atoms with Crippen molar-refractivity contribution in [3.05, 3.63) is 30.3 Å². The molecule has 1 aromatic rings. The van der Waals surface area contributed by atoms with Crippen LogP contribution in [0.5, 0.6) is 0 Å². The highest BCUT2D eigenvalue weighted by atomic mass is 32.2. The molecular weight excluding hydrogens is 226 g/mol. The molecule has 1 saturated carbocycles. The van der Waals surface area contributed by atoms with Gasteiger partial charge in [0.2, 0.25) is 0 Å². The number of rotatable bonds is 3. The van der Waals surface area contributed by atoms with Gasteiger partial charge in [-0.25, -0.2) is 0 Å². The Kier molecular flexibility index (Phi) is 4.94. The lowest BCUT2D eigenvalue weighted by molar-refractivity contribution is 0.479. The third-order valence-electron chi connectivity index (χ3n) is 3.46. The predicted molar refractivity (Wildman–Crippen MR) is 72.9 cm³/mol. The number of hydrogen-bond donors (Lipinski definition) is 0. The standard InChI is InChI=1S/C15H19NS/c16-12-15(13-8-4-1-2-5-9-13)17-14-10-6-3-7-11-14/h3,6-7,10-11,13,15H,1-2,4-5,8-9H2. The van der Waals surface area contributed by atoms with Gasteiger partial charge in [0.15, 0.2) is 0 Å². The largest absolute Gasteiger partial charge is 0.197 e. The Balaban J connectivity index is 1.98. The third kappa shape index (κ3) is 3.78. The molecule has 90 valence electrons. The third-order valence-corrected chi connectivity index (χ3v) is 4.75. The van der Waals surface area contributed by atoms with Crippen LogP contribution < -0.4 is 0 Å². The molecule has 0 heterocycles. The first-order valence-electron chi connectivity index (χ1n) is 6.51. The molecule has 1 unspecified atom stereocenters. The first-order chi connectivity index (χ1) is 8.40. The van der Waals surface area contributed by atoms with Gasteiger partial charge >= 0.3 is 0 Å². The van der Waals surface area contributed by atoms with Crippen LogP contribution in [-0.4, -0.2) is 5.25 Å². The lowest BCUT2D eigenvalue weighted by Crippen LogP contribution is -2.14. The van der Waals surface area contributed by atoms with E-state index in [1.165, 1.54) is 43.4 Å². The molecule has 1 aliphatic carbocycles. The molecule has 1 fully saturated rings. The highest BCUT2D eigenvalue weighted by Gasteiger charge is 2.23. The van der Waals surface area contributed by atoms with Crippen LogP contribution >= 0.6 is 11.8 Å². The Morgan fingerprint density at radius 1 is 1.06 bits per heavy atom. The van der Waals surface area contributed by atoms with Crippen LogP contribution in [0.25, 0.3) is 0 Å². The van der Waals surface area contributed by atoms with E-state index >= 15 is 0 Å². The van der Waals surface area contributed by atoms with Crippen molar-refractivity contribution in [2.45, 2.75) is 48.7 Å². The molecule has 1 aromatic carbocycles. The van der Waals surface area contributed by atoms with Crippen molar-refractivity contribution < 1.29 is 0 Å². The molecule has 2 heteroatoms. The van der Waals surface area contributed by atoms with Crippen molar-refractivity contribution >= 4 is 11.8 Å². The summed E-state index contributed by atoms with van der Waals surface area (Å²) in [5.41, 5.74) is 0. The van der Waals surface area contributed by atoms with Gasteiger partial charge in [0.05, 0.1) is 11.3 Å². The fraction of sp³-hybridized carbons (Fsp3) is 0.533. The van der Waals surface area contributed by atoms with Crippen molar-refractivity contribution in [2.75, 3.05) is 0 Å². The minimum Gasteiger partial charge on any atom is -0.197 e. The summed E-state index contributed by atoms with van der Waals surface area (Å²) in [6.45, 7) is 0. The minimum absolute atomic E-state index is 0.135. The summed E-state index contributed by atoms with van der Waals surface area (Å²) >= 11 is 1.74. The average molecular weight is 245 g/mol. The van der Waals surface area contributed by atoms with Crippen LogP contribution in [0.1, 0.15) is 38.5 Å². The van der Waals surface area contributed by atoms with Crippen LogP contribution in [0.15, 0.2) is 35.2 Å². The zero-order chi connectivity index (χ0) is 11.9. The summed E-state index contributed by atoms with van der Waals surface area (Å²) in [5, 5.41) is 9.50. The fourth-order valence-corrected chi connectivity index (χ4v) is 3.61. The summed E-state index contributed by atoms with van der Waals surface area (Å²) in [4.78, 5) is 1.23. The van der Waals surface area contributed by atoms with Crippen LogP contribution in [0, 0.1) is 17.2 Å². The normalized spacial score (nSPS) is 19.2. The second-order valence-electron chi connectivity index (χ2n) is 4.73. The van der Waals surface area contributed by atoms with Crippen molar-refractivity contribution in [3.8, 4) is 6.07 Å². The zero-order valence-corrected chi connectivity index (χ0v) is 11.0. The Morgan fingerprint density at radius 2 is 1.71 bits per heavy atom. The smallest absolute Gasteiger partial charge is 0.0991 e. The van der Waals surface area contributed by atoms with Crippen LogP contribution in [-0.2, 0) is 0 Å². The number of benzene rings is 1. The first kappa shape index (κ1) is 12.5. The summed E-state index contributed by atoms with van der Waals surface area (Å²) in [6, 6.07) is 12.8. The van der Waals surface area contributed by atoms with E-state index in [-0.39, 0.29) is 5.25 Å². The Morgan fingerprint density at radius 3 is 2.29 bits per heavy atom. The molecule has 0 bridgehead atoms. The number of nitrogens with zero attached hydrogens (tertiary/aromatic N) is 1. The predicted octanol–water partition coefficient (Wildman–Crippen LogP) is 4.64. The monoisotopic (exact) mass is 245 g/mol. The van der Waals surface area contributed by atoms with Crippen molar-refractivity contribution in [2.24, 2.45) is 5.92 Å². The molecule has 1 nitrogen and oxygen atoms in total. The van der Waals surface area contributed by atoms with E-state index in [2.05, 4.69) is 18.2 Å². The van der Waals surface area contributed by atoms with E-state index in [9.17, 15) is 5.26 Å². The second-order valence-corrected chi connectivity index (χ2v) is 5.95. The molecule has 0 N–H and O–H groups in total. The quantitative estimate of drug-likeness (QED) is 0.572. The Hall–Kier alpha value is -0.940. The van der Waals surface area contributed by atoms with E-state index in [0.29, 0.717) is 5.92 Å². The number of nitriles is 1. The molecule has 0 amide bonds. The Bertz CT molecular complexity index is 360. The molecular formula is C15H19NS. The minimum atomic E-state index is 0.135. The van der Waals surface area contributed by atoms with Crippen molar-refractivity contribution in [1.82, 2.24) is 0 Å². The molecule has 0 saturated heterocycles. The summed E-state index contributed by atoms with van der Waals surface area (Å²) < 4.78 is 0. The Labute approximate surface area is 108 Å². The molecule has 0 spiro atoms. The van der Waals surface area contributed by atoms with Crippen LogP contribution in [0.4, 0.5) is 0 Å². The van der Waals surface area contributed by atoms with Gasteiger partial charge in [-0.3, -0.25) is 0 Å². The highest BCUT2D eigenvalue weighted by molar-refractivity contribution is 8.00. The van der Waals surface area contributed by atoms with E-state index in [1.54, 1.807) is 11.8 Å². The SMILES string of the molecule is N#CC(Sc1ccccc1)C1CCCCCC1. The van der Waals surface area contributed by atoms with Gasteiger partial charge in [-0.1, -0.05) is 43.9 Å². The lowest BCUT2D eigenvalue weighted by Gasteiger charge is -2.19. The van der Waals surface area contributed by atoms with Crippen LogP contribution in [0.2, 0.25) is 0 Å². The highest BCUT2D eigenvalue weighted by Crippen LogP contribution is 2.34. The molecule has 0 aromatic heterocycles. The molecule has 1 atom stereocenters. The summed E-state index contributed by atoms with van der Waals surface area (Å²) in [6.07, 6.45) is 7.78. The fourth-order valence-electron chi connectivity index (χ4n) is 2.49. The second kappa shape index (κ2) is 6.71. The average Bonchev–Trinajstić information content (AvgIpc) is 2.66. The van der Waals surface area contributed by atoms with E-state index in [1.807, 2.05) is 18.2 Å². The topological polar surface area (TPSA) is 23.8 Å². The number of thioether (sulfide) groups is 1.